The molecule has 1 aromatic carbocycles. The van der Waals surface area contributed by atoms with Crippen LogP contribution in [0.2, 0.25) is 0 Å². The van der Waals surface area contributed by atoms with E-state index in [2.05, 4.69) is 27.4 Å². The molecule has 4 aromatic rings. The normalized spacial score (nSPS) is 10.6. The van der Waals surface area contributed by atoms with E-state index in [0.717, 1.165) is 35.9 Å². The number of anilines is 3. The van der Waals surface area contributed by atoms with E-state index in [4.69, 9.17) is 9.40 Å². The fourth-order valence-corrected chi connectivity index (χ4v) is 2.88. The van der Waals surface area contributed by atoms with Crippen molar-refractivity contribution in [1.29, 1.82) is 0 Å². The Kier molecular flexibility index (Phi) is 5.29. The average Bonchev–Trinajstić information content (AvgIpc) is 3.29. The van der Waals surface area contributed by atoms with Gasteiger partial charge in [0.2, 0.25) is 5.95 Å². The van der Waals surface area contributed by atoms with Crippen LogP contribution in [-0.2, 0) is 6.42 Å². The second-order valence-electron chi connectivity index (χ2n) is 6.35. The lowest BCUT2D eigenvalue weighted by atomic mass is 10.1. The second kappa shape index (κ2) is 8.35. The highest BCUT2D eigenvalue weighted by atomic mass is 16.3. The lowest BCUT2D eigenvalue weighted by Crippen LogP contribution is -2.15. The van der Waals surface area contributed by atoms with Gasteiger partial charge in [-0.25, -0.2) is 9.97 Å². The van der Waals surface area contributed by atoms with Gasteiger partial charge in [0.1, 0.15) is 11.6 Å². The molecule has 28 heavy (non-hydrogen) atoms. The summed E-state index contributed by atoms with van der Waals surface area (Å²) in [5.74, 6) is 2.17. The van der Waals surface area contributed by atoms with Crippen molar-refractivity contribution in [2.24, 2.45) is 0 Å². The lowest BCUT2D eigenvalue weighted by Gasteiger charge is -2.18. The van der Waals surface area contributed by atoms with Crippen molar-refractivity contribution in [2.45, 2.75) is 6.42 Å². The molecule has 1 N–H and O–H groups in total. The molecular formula is C22H21N5O. The Morgan fingerprint density at radius 1 is 0.929 bits per heavy atom. The van der Waals surface area contributed by atoms with Gasteiger partial charge in [-0.05, 0) is 36.2 Å². The molecule has 0 aliphatic heterocycles. The monoisotopic (exact) mass is 371 g/mol. The van der Waals surface area contributed by atoms with Gasteiger partial charge < -0.3 is 14.6 Å². The van der Waals surface area contributed by atoms with Crippen molar-refractivity contribution in [3.05, 3.63) is 85.0 Å². The molecule has 140 valence electrons. The predicted molar refractivity (Wildman–Crippen MR) is 111 cm³/mol. The van der Waals surface area contributed by atoms with Crippen LogP contribution in [0.25, 0.3) is 11.3 Å². The highest BCUT2D eigenvalue weighted by Gasteiger charge is 2.10. The summed E-state index contributed by atoms with van der Waals surface area (Å²) in [6.07, 6.45) is 6.00. The summed E-state index contributed by atoms with van der Waals surface area (Å²) in [5.41, 5.74) is 3.08. The van der Waals surface area contributed by atoms with E-state index in [1.165, 1.54) is 5.56 Å². The quantitative estimate of drug-likeness (QED) is 0.514. The summed E-state index contributed by atoms with van der Waals surface area (Å²) in [4.78, 5) is 15.6. The molecule has 4 rings (SSSR count). The Hall–Kier alpha value is -3.67. The van der Waals surface area contributed by atoms with Gasteiger partial charge >= 0.3 is 0 Å². The van der Waals surface area contributed by atoms with E-state index < -0.39 is 0 Å². The van der Waals surface area contributed by atoms with Crippen molar-refractivity contribution in [1.82, 2.24) is 15.0 Å². The molecule has 6 heteroatoms. The molecule has 0 amide bonds. The molecule has 0 aliphatic carbocycles. The average molecular weight is 371 g/mol. The van der Waals surface area contributed by atoms with Crippen LogP contribution in [0.1, 0.15) is 5.56 Å². The summed E-state index contributed by atoms with van der Waals surface area (Å²) in [7, 11) is 1.94. The summed E-state index contributed by atoms with van der Waals surface area (Å²) in [6, 6.07) is 20.0. The zero-order chi connectivity index (χ0) is 19.2. The van der Waals surface area contributed by atoms with Crippen molar-refractivity contribution in [2.75, 3.05) is 23.8 Å². The summed E-state index contributed by atoms with van der Waals surface area (Å²) in [5, 5.41) is 3.29. The topological polar surface area (TPSA) is 67.1 Å². The highest BCUT2D eigenvalue weighted by molar-refractivity contribution is 5.63. The van der Waals surface area contributed by atoms with Gasteiger partial charge in [-0.1, -0.05) is 36.4 Å². The number of aromatic nitrogens is 3. The number of rotatable bonds is 7. The zero-order valence-electron chi connectivity index (χ0n) is 15.6. The molecule has 0 radical (unpaired) electrons. The van der Waals surface area contributed by atoms with E-state index in [1.807, 2.05) is 60.5 Å². The fourth-order valence-electron chi connectivity index (χ4n) is 2.88. The number of hydrogen-bond donors (Lipinski definition) is 1. The van der Waals surface area contributed by atoms with Crippen molar-refractivity contribution >= 4 is 17.6 Å². The number of nitrogens with one attached hydrogen (secondary N) is 1. The molecular weight excluding hydrogens is 350 g/mol. The maximum Gasteiger partial charge on any atom is 0.224 e. The smallest absolute Gasteiger partial charge is 0.224 e. The van der Waals surface area contributed by atoms with Crippen LogP contribution in [0.15, 0.2) is 83.8 Å². The minimum atomic E-state index is 0.603. The Morgan fingerprint density at radius 3 is 2.61 bits per heavy atom. The minimum Gasteiger partial charge on any atom is -0.472 e. The molecule has 0 spiro atoms. The molecule has 3 aromatic heterocycles. The molecule has 0 unspecified atom stereocenters. The zero-order valence-corrected chi connectivity index (χ0v) is 15.6. The summed E-state index contributed by atoms with van der Waals surface area (Å²) < 4.78 is 5.16. The van der Waals surface area contributed by atoms with Crippen molar-refractivity contribution < 1.29 is 4.42 Å². The molecule has 6 nitrogen and oxygen atoms in total. The number of pyridine rings is 1. The van der Waals surface area contributed by atoms with Crippen LogP contribution in [0.4, 0.5) is 17.6 Å². The van der Waals surface area contributed by atoms with Crippen LogP contribution in [-0.4, -0.2) is 28.5 Å². The summed E-state index contributed by atoms with van der Waals surface area (Å²) in [6.45, 7) is 0.769. The first-order chi connectivity index (χ1) is 13.8. The maximum atomic E-state index is 5.16. The third kappa shape index (κ3) is 4.17. The molecule has 0 bridgehead atoms. The summed E-state index contributed by atoms with van der Waals surface area (Å²) >= 11 is 0. The van der Waals surface area contributed by atoms with E-state index in [-0.39, 0.29) is 0 Å². The number of hydrogen-bond acceptors (Lipinski definition) is 6. The van der Waals surface area contributed by atoms with Crippen molar-refractivity contribution in [3.63, 3.8) is 0 Å². The van der Waals surface area contributed by atoms with Gasteiger partial charge in [0.25, 0.3) is 0 Å². The van der Waals surface area contributed by atoms with Crippen molar-refractivity contribution in [3.8, 4) is 11.3 Å². The maximum absolute atomic E-state index is 5.16. The van der Waals surface area contributed by atoms with Crippen LogP contribution < -0.4 is 10.2 Å². The van der Waals surface area contributed by atoms with E-state index >= 15 is 0 Å². The number of furan rings is 1. The van der Waals surface area contributed by atoms with Crippen LogP contribution in [0.3, 0.4) is 0 Å². The molecule has 0 fully saturated rings. The Bertz CT molecular complexity index is 1020. The predicted octanol–water partition coefficient (Wildman–Crippen LogP) is 4.55. The van der Waals surface area contributed by atoms with Gasteiger partial charge in [0, 0.05) is 25.4 Å². The van der Waals surface area contributed by atoms with Gasteiger partial charge in [0.05, 0.1) is 18.2 Å². The third-order valence-electron chi connectivity index (χ3n) is 4.42. The lowest BCUT2D eigenvalue weighted by molar-refractivity contribution is 0.568. The standard InChI is InChI=1S/C22H21N5O/c1-27(20-9-5-8-19(25-20)18-12-15-28-16-18)21-11-14-24-22(26-21)23-13-10-17-6-3-2-4-7-17/h2-9,11-12,14-16H,10,13H2,1H3,(H,23,24,26). The molecule has 0 atom stereocenters. The SMILES string of the molecule is CN(c1cccc(-c2ccoc2)n1)c1ccnc(NCCc2ccccc2)n1. The van der Waals surface area contributed by atoms with E-state index in [9.17, 15) is 0 Å². The Balaban J connectivity index is 1.45. The fraction of sp³-hybridized carbons (Fsp3) is 0.136. The first-order valence-electron chi connectivity index (χ1n) is 9.14. The molecule has 0 saturated heterocycles. The number of benzene rings is 1. The molecule has 3 heterocycles. The molecule has 0 aliphatic rings. The molecule has 0 saturated carbocycles. The van der Waals surface area contributed by atoms with E-state index in [1.54, 1.807) is 18.7 Å². The van der Waals surface area contributed by atoms with E-state index in [0.29, 0.717) is 5.95 Å². The van der Waals surface area contributed by atoms with Crippen LogP contribution in [0.5, 0.6) is 0 Å². The highest BCUT2D eigenvalue weighted by Crippen LogP contribution is 2.24. The second-order valence-corrected chi connectivity index (χ2v) is 6.35. The largest absolute Gasteiger partial charge is 0.472 e. The van der Waals surface area contributed by atoms with Gasteiger partial charge in [-0.2, -0.15) is 4.98 Å². The third-order valence-corrected chi connectivity index (χ3v) is 4.42. The van der Waals surface area contributed by atoms with Gasteiger partial charge in [0.15, 0.2) is 0 Å². The van der Waals surface area contributed by atoms with Gasteiger partial charge in [-0.15, -0.1) is 0 Å². The first kappa shape index (κ1) is 17.7. The minimum absolute atomic E-state index is 0.603. The van der Waals surface area contributed by atoms with Crippen LogP contribution in [0, 0.1) is 0 Å². The first-order valence-corrected chi connectivity index (χ1v) is 9.14. The van der Waals surface area contributed by atoms with Crippen LogP contribution >= 0.6 is 0 Å². The Labute approximate surface area is 163 Å². The van der Waals surface area contributed by atoms with Gasteiger partial charge in [-0.3, -0.25) is 0 Å². The number of nitrogens with zero attached hydrogens (tertiary/aromatic N) is 4. The Morgan fingerprint density at radius 2 is 1.79 bits per heavy atom.